The Bertz CT molecular complexity index is 441. The fourth-order valence-electron chi connectivity index (χ4n) is 2.17. The van der Waals surface area contributed by atoms with E-state index in [1.165, 1.54) is 0 Å². The molecule has 5 nitrogen and oxygen atoms in total. The molecule has 3 N–H and O–H groups in total. The topological polar surface area (TPSA) is 67.6 Å². The SMILES string of the molecule is CN(C)CC(C)(C)CNC(=O)COc1ccc(CN)cc1. The van der Waals surface area contributed by atoms with Gasteiger partial charge in [0.25, 0.3) is 5.91 Å². The summed E-state index contributed by atoms with van der Waals surface area (Å²) in [6.07, 6.45) is 0. The number of nitrogens with zero attached hydrogens (tertiary/aromatic N) is 1. The van der Waals surface area contributed by atoms with E-state index in [0.29, 0.717) is 18.8 Å². The maximum Gasteiger partial charge on any atom is 0.257 e. The zero-order valence-corrected chi connectivity index (χ0v) is 13.5. The van der Waals surface area contributed by atoms with Crippen molar-refractivity contribution < 1.29 is 9.53 Å². The highest BCUT2D eigenvalue weighted by atomic mass is 16.5. The van der Waals surface area contributed by atoms with Gasteiger partial charge in [0.2, 0.25) is 0 Å². The molecule has 0 unspecified atom stereocenters. The van der Waals surface area contributed by atoms with Gasteiger partial charge in [0.1, 0.15) is 5.75 Å². The van der Waals surface area contributed by atoms with Gasteiger partial charge in [0.15, 0.2) is 6.61 Å². The molecule has 0 bridgehead atoms. The number of nitrogens with one attached hydrogen (secondary N) is 1. The lowest BCUT2D eigenvalue weighted by Crippen LogP contribution is -2.41. The predicted molar refractivity (Wildman–Crippen MR) is 85.2 cm³/mol. The van der Waals surface area contributed by atoms with E-state index in [2.05, 4.69) is 24.1 Å². The van der Waals surface area contributed by atoms with E-state index in [0.717, 1.165) is 12.1 Å². The predicted octanol–water partition coefficient (Wildman–Crippen LogP) is 1.23. The van der Waals surface area contributed by atoms with Crippen molar-refractivity contribution in [3.05, 3.63) is 29.8 Å². The summed E-state index contributed by atoms with van der Waals surface area (Å²) in [6.45, 7) is 6.31. The lowest BCUT2D eigenvalue weighted by Gasteiger charge is -2.28. The molecular formula is C16H27N3O2. The molecule has 0 heterocycles. The van der Waals surface area contributed by atoms with Crippen LogP contribution in [-0.4, -0.2) is 44.6 Å². The minimum absolute atomic E-state index is 0.0278. The lowest BCUT2D eigenvalue weighted by molar-refractivity contribution is -0.123. The molecule has 1 rings (SSSR count). The van der Waals surface area contributed by atoms with Gasteiger partial charge in [-0.05, 0) is 37.2 Å². The molecule has 1 amide bonds. The Balaban J connectivity index is 2.33. The van der Waals surface area contributed by atoms with Crippen molar-refractivity contribution in [3.63, 3.8) is 0 Å². The third-order valence-corrected chi connectivity index (χ3v) is 3.04. The van der Waals surface area contributed by atoms with E-state index in [1.54, 1.807) is 0 Å². The van der Waals surface area contributed by atoms with Gasteiger partial charge in [0.05, 0.1) is 0 Å². The molecule has 0 aliphatic carbocycles. The fraction of sp³-hybridized carbons (Fsp3) is 0.562. The summed E-state index contributed by atoms with van der Waals surface area (Å²) >= 11 is 0. The third kappa shape index (κ3) is 7.11. The first-order valence-electron chi connectivity index (χ1n) is 7.15. The summed E-state index contributed by atoms with van der Waals surface area (Å²) in [4.78, 5) is 13.9. The van der Waals surface area contributed by atoms with Crippen molar-refractivity contribution in [1.82, 2.24) is 10.2 Å². The van der Waals surface area contributed by atoms with Gasteiger partial charge < -0.3 is 20.7 Å². The molecule has 0 fully saturated rings. The van der Waals surface area contributed by atoms with Gasteiger partial charge in [-0.3, -0.25) is 4.79 Å². The van der Waals surface area contributed by atoms with Crippen LogP contribution >= 0.6 is 0 Å². The number of rotatable bonds is 8. The molecule has 0 aliphatic rings. The maximum absolute atomic E-state index is 11.8. The highest BCUT2D eigenvalue weighted by molar-refractivity contribution is 5.77. The van der Waals surface area contributed by atoms with Crippen LogP contribution in [0.2, 0.25) is 0 Å². The number of hydrogen-bond donors (Lipinski definition) is 2. The van der Waals surface area contributed by atoms with Crippen LogP contribution in [-0.2, 0) is 11.3 Å². The number of carbonyl (C=O) groups is 1. The van der Waals surface area contributed by atoms with Crippen LogP contribution in [0.5, 0.6) is 5.75 Å². The molecular weight excluding hydrogens is 266 g/mol. The summed E-state index contributed by atoms with van der Waals surface area (Å²) in [5.41, 5.74) is 6.60. The summed E-state index contributed by atoms with van der Waals surface area (Å²) in [6, 6.07) is 7.44. The van der Waals surface area contributed by atoms with E-state index in [-0.39, 0.29) is 17.9 Å². The summed E-state index contributed by atoms with van der Waals surface area (Å²) < 4.78 is 5.45. The molecule has 0 saturated heterocycles. The van der Waals surface area contributed by atoms with Crippen LogP contribution in [0, 0.1) is 5.41 Å². The number of benzene rings is 1. The minimum Gasteiger partial charge on any atom is -0.484 e. The molecule has 1 aromatic rings. The van der Waals surface area contributed by atoms with Crippen LogP contribution in [0.1, 0.15) is 19.4 Å². The van der Waals surface area contributed by atoms with Crippen LogP contribution in [0.25, 0.3) is 0 Å². The average Bonchev–Trinajstić information content (AvgIpc) is 2.42. The highest BCUT2D eigenvalue weighted by Gasteiger charge is 2.19. The zero-order chi connectivity index (χ0) is 15.9. The largest absolute Gasteiger partial charge is 0.484 e. The average molecular weight is 293 g/mol. The van der Waals surface area contributed by atoms with Gasteiger partial charge in [-0.15, -0.1) is 0 Å². The van der Waals surface area contributed by atoms with E-state index in [1.807, 2.05) is 38.4 Å². The number of hydrogen-bond acceptors (Lipinski definition) is 4. The second-order valence-electron chi connectivity index (χ2n) is 6.32. The number of amides is 1. The monoisotopic (exact) mass is 293 g/mol. The zero-order valence-electron chi connectivity index (χ0n) is 13.5. The second kappa shape index (κ2) is 8.00. The van der Waals surface area contributed by atoms with E-state index in [9.17, 15) is 4.79 Å². The van der Waals surface area contributed by atoms with Crippen LogP contribution in [0.15, 0.2) is 24.3 Å². The smallest absolute Gasteiger partial charge is 0.257 e. The minimum atomic E-state index is -0.107. The van der Waals surface area contributed by atoms with E-state index in [4.69, 9.17) is 10.5 Å². The Labute approximate surface area is 127 Å². The second-order valence-corrected chi connectivity index (χ2v) is 6.32. The molecule has 0 spiro atoms. The molecule has 118 valence electrons. The van der Waals surface area contributed by atoms with Gasteiger partial charge in [0, 0.05) is 19.6 Å². The standard InChI is InChI=1S/C16H27N3O2/c1-16(2,12-19(3)4)11-18-15(20)10-21-14-7-5-13(9-17)6-8-14/h5-8H,9-12,17H2,1-4H3,(H,18,20). The molecule has 5 heteroatoms. The van der Waals surface area contributed by atoms with Crippen molar-refractivity contribution in [1.29, 1.82) is 0 Å². The van der Waals surface area contributed by atoms with Crippen molar-refractivity contribution in [3.8, 4) is 5.75 Å². The van der Waals surface area contributed by atoms with Crippen molar-refractivity contribution >= 4 is 5.91 Å². The van der Waals surface area contributed by atoms with Gasteiger partial charge >= 0.3 is 0 Å². The van der Waals surface area contributed by atoms with Crippen LogP contribution in [0.3, 0.4) is 0 Å². The molecule has 0 aliphatic heterocycles. The molecule has 0 radical (unpaired) electrons. The fourth-order valence-corrected chi connectivity index (χ4v) is 2.17. The Morgan fingerprint density at radius 1 is 1.29 bits per heavy atom. The van der Waals surface area contributed by atoms with Crippen molar-refractivity contribution in [2.45, 2.75) is 20.4 Å². The maximum atomic E-state index is 11.8. The Morgan fingerprint density at radius 2 is 1.90 bits per heavy atom. The third-order valence-electron chi connectivity index (χ3n) is 3.04. The number of nitrogens with two attached hydrogens (primary N) is 1. The molecule has 0 saturated carbocycles. The van der Waals surface area contributed by atoms with E-state index < -0.39 is 0 Å². The van der Waals surface area contributed by atoms with Gasteiger partial charge in [-0.2, -0.15) is 0 Å². The molecule has 1 aromatic carbocycles. The number of ether oxygens (including phenoxy) is 1. The quantitative estimate of drug-likeness (QED) is 0.756. The first-order valence-corrected chi connectivity index (χ1v) is 7.15. The Hall–Kier alpha value is -1.59. The van der Waals surface area contributed by atoms with Crippen molar-refractivity contribution in [2.75, 3.05) is 33.8 Å². The van der Waals surface area contributed by atoms with Crippen LogP contribution in [0.4, 0.5) is 0 Å². The molecule has 21 heavy (non-hydrogen) atoms. The lowest BCUT2D eigenvalue weighted by atomic mass is 9.93. The van der Waals surface area contributed by atoms with E-state index >= 15 is 0 Å². The van der Waals surface area contributed by atoms with Crippen LogP contribution < -0.4 is 15.8 Å². The summed E-state index contributed by atoms with van der Waals surface area (Å²) in [5.74, 6) is 0.569. The summed E-state index contributed by atoms with van der Waals surface area (Å²) in [5, 5.41) is 2.91. The normalized spacial score (nSPS) is 11.5. The van der Waals surface area contributed by atoms with Gasteiger partial charge in [-0.25, -0.2) is 0 Å². The highest BCUT2D eigenvalue weighted by Crippen LogP contribution is 2.14. The number of carbonyl (C=O) groups excluding carboxylic acids is 1. The molecule has 0 aromatic heterocycles. The Kier molecular flexibility index (Phi) is 6.65. The van der Waals surface area contributed by atoms with Crippen molar-refractivity contribution in [2.24, 2.45) is 11.1 Å². The first-order chi connectivity index (χ1) is 9.82. The molecule has 0 atom stereocenters. The van der Waals surface area contributed by atoms with Gasteiger partial charge in [-0.1, -0.05) is 26.0 Å². The Morgan fingerprint density at radius 3 is 2.43 bits per heavy atom. The first kappa shape index (κ1) is 17.5. The summed E-state index contributed by atoms with van der Waals surface area (Å²) in [7, 11) is 4.05.